The monoisotopic (exact) mass is 442 g/mol. The van der Waals surface area contributed by atoms with E-state index in [1.54, 1.807) is 4.90 Å². The summed E-state index contributed by atoms with van der Waals surface area (Å²) in [7, 11) is 0. The van der Waals surface area contributed by atoms with E-state index >= 15 is 0 Å². The molecule has 5 nitrogen and oxygen atoms in total. The predicted molar refractivity (Wildman–Crippen MR) is 130 cm³/mol. The molecule has 1 aliphatic heterocycles. The smallest absolute Gasteiger partial charge is 0.414 e. The quantitative estimate of drug-likeness (QED) is 0.449. The Labute approximate surface area is 195 Å². The number of carbonyl (C=O) groups excluding carboxylic acids is 2. The van der Waals surface area contributed by atoms with Gasteiger partial charge in [-0.2, -0.15) is 0 Å². The van der Waals surface area contributed by atoms with E-state index in [0.717, 1.165) is 42.7 Å². The van der Waals surface area contributed by atoms with Gasteiger partial charge in [0.25, 0.3) is 0 Å². The highest BCUT2D eigenvalue weighted by molar-refractivity contribution is 5.99. The van der Waals surface area contributed by atoms with Gasteiger partial charge in [0, 0.05) is 30.4 Å². The van der Waals surface area contributed by atoms with Gasteiger partial charge >= 0.3 is 6.09 Å². The summed E-state index contributed by atoms with van der Waals surface area (Å²) in [6.07, 6.45) is 1.22. The number of amides is 1. The zero-order valence-electron chi connectivity index (χ0n) is 19.0. The van der Waals surface area contributed by atoms with Crippen molar-refractivity contribution in [3.05, 3.63) is 102 Å². The van der Waals surface area contributed by atoms with Crippen LogP contribution in [0.25, 0.3) is 0 Å². The summed E-state index contributed by atoms with van der Waals surface area (Å²) in [4.78, 5) is 30.0. The molecule has 0 radical (unpaired) electrons. The Morgan fingerprint density at radius 2 is 1.42 bits per heavy atom. The van der Waals surface area contributed by atoms with Crippen LogP contribution in [0.5, 0.6) is 0 Å². The highest BCUT2D eigenvalue weighted by atomic mass is 16.6. The van der Waals surface area contributed by atoms with Crippen LogP contribution < -0.4 is 4.90 Å². The van der Waals surface area contributed by atoms with Crippen molar-refractivity contribution in [2.75, 3.05) is 18.0 Å². The second-order valence-corrected chi connectivity index (χ2v) is 8.42. The van der Waals surface area contributed by atoms with Crippen molar-refractivity contribution in [3.8, 4) is 0 Å². The molecule has 1 amide bonds. The first-order valence-electron chi connectivity index (χ1n) is 11.5. The van der Waals surface area contributed by atoms with Gasteiger partial charge in [0.1, 0.15) is 6.61 Å². The third-order valence-corrected chi connectivity index (χ3v) is 6.29. The van der Waals surface area contributed by atoms with Gasteiger partial charge in [-0.15, -0.1) is 0 Å². The first kappa shape index (κ1) is 22.7. The number of anilines is 1. The minimum Gasteiger partial charge on any atom is -0.444 e. The molecule has 3 aromatic carbocycles. The molecule has 170 valence electrons. The molecule has 0 unspecified atom stereocenters. The highest BCUT2D eigenvalue weighted by Gasteiger charge is 2.33. The van der Waals surface area contributed by atoms with Crippen LogP contribution in [0.3, 0.4) is 0 Å². The fourth-order valence-electron chi connectivity index (χ4n) is 4.38. The lowest BCUT2D eigenvalue weighted by molar-refractivity contribution is 0.0789. The van der Waals surface area contributed by atoms with Crippen molar-refractivity contribution < 1.29 is 14.3 Å². The van der Waals surface area contributed by atoms with E-state index in [-0.39, 0.29) is 30.6 Å². The SMILES string of the molecule is C[C@H](C(=O)c1ccccc1)N1CCC(N(C(=O)OCc2ccccc2)c2ccccc2)CC1. The maximum Gasteiger partial charge on any atom is 0.414 e. The number of Topliss-reactive ketones (excluding diaryl/α,β-unsaturated/α-hetero) is 1. The van der Waals surface area contributed by atoms with Gasteiger partial charge in [0.15, 0.2) is 5.78 Å². The van der Waals surface area contributed by atoms with E-state index in [1.807, 2.05) is 97.9 Å². The molecule has 1 fully saturated rings. The van der Waals surface area contributed by atoms with Gasteiger partial charge in [-0.05, 0) is 37.5 Å². The van der Waals surface area contributed by atoms with E-state index in [4.69, 9.17) is 4.74 Å². The molecular formula is C28H30N2O3. The molecule has 0 aromatic heterocycles. The van der Waals surface area contributed by atoms with Crippen LogP contribution in [-0.4, -0.2) is 41.9 Å². The zero-order chi connectivity index (χ0) is 23.0. The summed E-state index contributed by atoms with van der Waals surface area (Å²) in [6, 6.07) is 28.7. The molecule has 1 aliphatic rings. The number of ether oxygens (including phenoxy) is 1. The Kier molecular flexibility index (Phi) is 7.53. The van der Waals surface area contributed by atoms with Crippen LogP contribution in [0.2, 0.25) is 0 Å². The van der Waals surface area contributed by atoms with Crippen LogP contribution in [0.1, 0.15) is 35.7 Å². The molecule has 33 heavy (non-hydrogen) atoms. The number of ketones is 1. The van der Waals surface area contributed by atoms with Crippen molar-refractivity contribution >= 4 is 17.6 Å². The zero-order valence-corrected chi connectivity index (χ0v) is 19.0. The van der Waals surface area contributed by atoms with Crippen molar-refractivity contribution in [2.45, 2.75) is 38.5 Å². The minimum absolute atomic E-state index is 0.0194. The first-order chi connectivity index (χ1) is 16.1. The Morgan fingerprint density at radius 1 is 0.879 bits per heavy atom. The summed E-state index contributed by atoms with van der Waals surface area (Å²) in [5, 5.41) is 0. The molecule has 1 heterocycles. The summed E-state index contributed by atoms with van der Waals surface area (Å²) in [5.41, 5.74) is 2.53. The van der Waals surface area contributed by atoms with Crippen LogP contribution in [0.15, 0.2) is 91.0 Å². The maximum atomic E-state index is 13.2. The second kappa shape index (κ2) is 10.9. The molecule has 0 aliphatic carbocycles. The molecule has 0 saturated carbocycles. The van der Waals surface area contributed by atoms with E-state index in [1.165, 1.54) is 0 Å². The fourth-order valence-corrected chi connectivity index (χ4v) is 4.38. The summed E-state index contributed by atoms with van der Waals surface area (Å²) in [5.74, 6) is 0.135. The van der Waals surface area contributed by atoms with E-state index in [0.29, 0.717) is 0 Å². The second-order valence-electron chi connectivity index (χ2n) is 8.42. The van der Waals surface area contributed by atoms with Crippen molar-refractivity contribution in [2.24, 2.45) is 0 Å². The molecule has 0 N–H and O–H groups in total. The minimum atomic E-state index is -0.336. The average Bonchev–Trinajstić information content (AvgIpc) is 2.89. The molecule has 1 atom stereocenters. The summed E-state index contributed by atoms with van der Waals surface area (Å²) in [6.45, 7) is 3.71. The highest BCUT2D eigenvalue weighted by Crippen LogP contribution is 2.26. The van der Waals surface area contributed by atoms with E-state index in [2.05, 4.69) is 4.90 Å². The molecule has 3 aromatic rings. The van der Waals surface area contributed by atoms with Crippen molar-refractivity contribution in [1.82, 2.24) is 4.90 Å². The van der Waals surface area contributed by atoms with Crippen molar-refractivity contribution in [3.63, 3.8) is 0 Å². The van der Waals surface area contributed by atoms with E-state index in [9.17, 15) is 9.59 Å². The summed E-state index contributed by atoms with van der Waals surface area (Å²) >= 11 is 0. The number of nitrogens with zero attached hydrogens (tertiary/aromatic N) is 2. The third-order valence-electron chi connectivity index (χ3n) is 6.29. The normalized spacial score (nSPS) is 15.5. The Hall–Kier alpha value is -3.44. The Balaban J connectivity index is 1.42. The number of rotatable bonds is 7. The standard InChI is InChI=1S/C28H30N2O3/c1-22(27(31)24-13-7-3-8-14-24)29-19-17-26(18-20-29)30(25-15-9-4-10-16-25)28(32)33-21-23-11-5-2-6-12-23/h2-16,22,26H,17-21H2,1H3/t22-/m1/s1. The van der Waals surface area contributed by atoms with Crippen molar-refractivity contribution in [1.29, 1.82) is 0 Å². The first-order valence-corrected chi connectivity index (χ1v) is 11.5. The number of benzene rings is 3. The van der Waals surface area contributed by atoms with Gasteiger partial charge in [0.05, 0.1) is 6.04 Å². The number of hydrogen-bond donors (Lipinski definition) is 0. The van der Waals surface area contributed by atoms with Crippen LogP contribution in [0, 0.1) is 0 Å². The Bertz CT molecular complexity index is 1030. The number of likely N-dealkylation sites (tertiary alicyclic amines) is 1. The average molecular weight is 443 g/mol. The third kappa shape index (κ3) is 5.68. The van der Waals surface area contributed by atoms with E-state index < -0.39 is 0 Å². The summed E-state index contributed by atoms with van der Waals surface area (Å²) < 4.78 is 5.69. The van der Waals surface area contributed by atoms with Crippen LogP contribution >= 0.6 is 0 Å². The number of para-hydroxylation sites is 1. The van der Waals surface area contributed by atoms with Gasteiger partial charge in [-0.1, -0.05) is 78.9 Å². The number of hydrogen-bond acceptors (Lipinski definition) is 4. The number of carbonyl (C=O) groups is 2. The fraction of sp³-hybridized carbons (Fsp3) is 0.286. The lowest BCUT2D eigenvalue weighted by Crippen LogP contribution is -2.51. The molecular weight excluding hydrogens is 412 g/mol. The molecule has 5 heteroatoms. The van der Waals surface area contributed by atoms with Crippen LogP contribution in [0.4, 0.5) is 10.5 Å². The van der Waals surface area contributed by atoms with Gasteiger partial charge in [0.2, 0.25) is 0 Å². The van der Waals surface area contributed by atoms with Gasteiger partial charge < -0.3 is 4.74 Å². The lowest BCUT2D eigenvalue weighted by Gasteiger charge is -2.39. The lowest BCUT2D eigenvalue weighted by atomic mass is 9.98. The largest absolute Gasteiger partial charge is 0.444 e. The van der Waals surface area contributed by atoms with Gasteiger partial charge in [-0.25, -0.2) is 4.79 Å². The topological polar surface area (TPSA) is 49.9 Å². The molecule has 0 spiro atoms. The predicted octanol–water partition coefficient (Wildman–Crippen LogP) is 5.57. The maximum absolute atomic E-state index is 13.2. The van der Waals surface area contributed by atoms with Gasteiger partial charge in [-0.3, -0.25) is 14.6 Å². The Morgan fingerprint density at radius 3 is 2.03 bits per heavy atom. The molecule has 0 bridgehead atoms. The number of piperidine rings is 1. The molecule has 1 saturated heterocycles. The molecule has 4 rings (SSSR count). The van der Waals surface area contributed by atoms with Crippen LogP contribution in [-0.2, 0) is 11.3 Å².